The Kier molecular flexibility index (Phi) is 19.8. The maximum atomic E-state index is 3.47. The van der Waals surface area contributed by atoms with Crippen LogP contribution in [-0.4, -0.2) is 26.7 Å². The molecule has 0 bridgehead atoms. The molecular weight excluding hydrogens is 256 g/mol. The van der Waals surface area contributed by atoms with Gasteiger partial charge >= 0.3 is 0 Å². The Morgan fingerprint density at radius 2 is 0.905 bits per heavy atom. The van der Waals surface area contributed by atoms with Crippen molar-refractivity contribution < 1.29 is 0 Å². The third-order valence-corrected chi connectivity index (χ3v) is 4.26. The summed E-state index contributed by atoms with van der Waals surface area (Å²) in [5.74, 6) is 0. The van der Waals surface area contributed by atoms with Gasteiger partial charge in [0.1, 0.15) is 0 Å². The summed E-state index contributed by atoms with van der Waals surface area (Å²) in [6.45, 7) is 5.67. The molecule has 0 aromatic carbocycles. The summed E-state index contributed by atoms with van der Waals surface area (Å²) in [6, 6.07) is 0. The van der Waals surface area contributed by atoms with Gasteiger partial charge in [-0.2, -0.15) is 0 Å². The minimum atomic E-state index is 1.08. The first-order chi connectivity index (χ1) is 10.4. The van der Waals surface area contributed by atoms with Crippen molar-refractivity contribution in [3.63, 3.8) is 0 Å². The third-order valence-electron chi connectivity index (χ3n) is 4.26. The van der Waals surface area contributed by atoms with Crippen LogP contribution >= 0.6 is 0 Å². The number of hydrogen-bond acceptors (Lipinski definition) is 2. The smallest absolute Gasteiger partial charge is 0.00766 e. The van der Waals surface area contributed by atoms with Crippen molar-refractivity contribution in [3.05, 3.63) is 0 Å². The van der Waals surface area contributed by atoms with Crippen LogP contribution in [0.1, 0.15) is 96.8 Å². The van der Waals surface area contributed by atoms with Gasteiger partial charge in [-0.25, -0.2) is 0 Å². The molecule has 0 heterocycles. The lowest BCUT2D eigenvalue weighted by atomic mass is 10.0. The number of rotatable bonds is 18. The summed E-state index contributed by atoms with van der Waals surface area (Å²) in [7, 11) is 2.01. The van der Waals surface area contributed by atoms with Gasteiger partial charge in [0.25, 0.3) is 0 Å². The fourth-order valence-electron chi connectivity index (χ4n) is 2.78. The van der Waals surface area contributed by atoms with Gasteiger partial charge < -0.3 is 10.6 Å². The Balaban J connectivity index is 2.90. The second kappa shape index (κ2) is 19.9. The van der Waals surface area contributed by atoms with Gasteiger partial charge in [-0.15, -0.1) is 0 Å². The van der Waals surface area contributed by atoms with Crippen LogP contribution < -0.4 is 10.6 Å². The number of hydrogen-bond donors (Lipinski definition) is 2. The van der Waals surface area contributed by atoms with E-state index >= 15 is 0 Å². The van der Waals surface area contributed by atoms with Crippen molar-refractivity contribution in [2.24, 2.45) is 0 Å². The molecule has 0 spiro atoms. The number of unbranched alkanes of at least 4 members (excludes halogenated alkanes) is 13. The summed E-state index contributed by atoms with van der Waals surface area (Å²) in [5.41, 5.74) is 0. The lowest BCUT2D eigenvalue weighted by Crippen LogP contribution is -2.25. The quantitative estimate of drug-likeness (QED) is 0.337. The normalized spacial score (nSPS) is 11.1. The predicted molar refractivity (Wildman–Crippen MR) is 97.1 cm³/mol. The minimum absolute atomic E-state index is 1.08. The average Bonchev–Trinajstić information content (AvgIpc) is 2.50. The molecule has 0 saturated heterocycles. The Morgan fingerprint density at radius 3 is 1.33 bits per heavy atom. The molecular formula is C19H42N2. The zero-order valence-electron chi connectivity index (χ0n) is 15.0. The standard InChI is InChI=1S/C19H42N2/c1-3-4-5-6-7-8-9-10-11-12-13-14-15-16-17-21-19-18-20-2/h20-21H,3-19H2,1-2H3. The molecule has 0 aliphatic carbocycles. The molecule has 0 aromatic heterocycles. The van der Waals surface area contributed by atoms with Crippen molar-refractivity contribution in [1.29, 1.82) is 0 Å². The highest BCUT2D eigenvalue weighted by molar-refractivity contribution is 4.52. The topological polar surface area (TPSA) is 24.1 Å². The first kappa shape index (κ1) is 20.9. The van der Waals surface area contributed by atoms with E-state index in [2.05, 4.69) is 17.6 Å². The van der Waals surface area contributed by atoms with Crippen LogP contribution in [0.2, 0.25) is 0 Å². The molecule has 0 aromatic rings. The Morgan fingerprint density at radius 1 is 0.476 bits per heavy atom. The Bertz CT molecular complexity index is 153. The maximum Gasteiger partial charge on any atom is 0.00766 e. The van der Waals surface area contributed by atoms with Gasteiger partial charge in [0.2, 0.25) is 0 Å². The Hall–Kier alpha value is -0.0800. The van der Waals surface area contributed by atoms with Gasteiger partial charge in [0.15, 0.2) is 0 Å². The van der Waals surface area contributed by atoms with Crippen LogP contribution in [0, 0.1) is 0 Å². The first-order valence-electron chi connectivity index (χ1n) is 9.77. The van der Waals surface area contributed by atoms with Crippen molar-refractivity contribution >= 4 is 0 Å². The monoisotopic (exact) mass is 298 g/mol. The molecule has 0 saturated carbocycles. The van der Waals surface area contributed by atoms with Crippen molar-refractivity contribution in [2.75, 3.05) is 26.7 Å². The molecule has 0 aliphatic rings. The SMILES string of the molecule is CCCCCCCCCCCCCCCCNCCNC. The fraction of sp³-hybridized carbons (Fsp3) is 1.00. The molecule has 0 amide bonds. The molecule has 2 heteroatoms. The highest BCUT2D eigenvalue weighted by Crippen LogP contribution is 2.12. The third kappa shape index (κ3) is 19.9. The number of likely N-dealkylation sites (N-methyl/N-ethyl adjacent to an activating group) is 1. The van der Waals surface area contributed by atoms with E-state index in [1.807, 2.05) is 7.05 Å². The summed E-state index contributed by atoms with van der Waals surface area (Å²) in [5, 5.41) is 6.62. The largest absolute Gasteiger partial charge is 0.318 e. The van der Waals surface area contributed by atoms with Crippen molar-refractivity contribution in [3.8, 4) is 0 Å². The fourth-order valence-corrected chi connectivity index (χ4v) is 2.78. The molecule has 0 rings (SSSR count). The Labute approximate surface area is 134 Å². The van der Waals surface area contributed by atoms with Crippen LogP contribution in [0.3, 0.4) is 0 Å². The average molecular weight is 299 g/mol. The van der Waals surface area contributed by atoms with Crippen molar-refractivity contribution in [1.82, 2.24) is 10.6 Å². The molecule has 0 atom stereocenters. The molecule has 2 nitrogen and oxygen atoms in total. The van der Waals surface area contributed by atoms with Gasteiger partial charge in [-0.05, 0) is 20.0 Å². The van der Waals surface area contributed by atoms with Gasteiger partial charge in [0, 0.05) is 13.1 Å². The highest BCUT2D eigenvalue weighted by atomic mass is 14.9. The van der Waals surface area contributed by atoms with E-state index in [4.69, 9.17) is 0 Å². The molecule has 2 N–H and O–H groups in total. The van der Waals surface area contributed by atoms with E-state index in [0.717, 1.165) is 13.1 Å². The van der Waals surface area contributed by atoms with Gasteiger partial charge in [-0.3, -0.25) is 0 Å². The molecule has 0 aliphatic heterocycles. The summed E-state index contributed by atoms with van der Waals surface area (Å²) >= 11 is 0. The maximum absolute atomic E-state index is 3.47. The molecule has 0 radical (unpaired) electrons. The second-order valence-corrected chi connectivity index (χ2v) is 6.45. The molecule has 0 unspecified atom stereocenters. The minimum Gasteiger partial charge on any atom is -0.318 e. The van der Waals surface area contributed by atoms with Gasteiger partial charge in [-0.1, -0.05) is 90.4 Å². The van der Waals surface area contributed by atoms with Crippen LogP contribution in [0.5, 0.6) is 0 Å². The summed E-state index contributed by atoms with van der Waals surface area (Å²) in [4.78, 5) is 0. The second-order valence-electron chi connectivity index (χ2n) is 6.45. The lowest BCUT2D eigenvalue weighted by Gasteiger charge is -2.05. The lowest BCUT2D eigenvalue weighted by molar-refractivity contribution is 0.529. The zero-order chi connectivity index (χ0) is 15.4. The highest BCUT2D eigenvalue weighted by Gasteiger charge is 1.94. The van der Waals surface area contributed by atoms with E-state index in [0.29, 0.717) is 0 Å². The number of nitrogens with one attached hydrogen (secondary N) is 2. The van der Waals surface area contributed by atoms with E-state index in [-0.39, 0.29) is 0 Å². The van der Waals surface area contributed by atoms with Crippen LogP contribution in [0.15, 0.2) is 0 Å². The molecule has 128 valence electrons. The zero-order valence-corrected chi connectivity index (χ0v) is 15.0. The summed E-state index contributed by atoms with van der Waals surface area (Å²) in [6.07, 6.45) is 20.2. The molecule has 21 heavy (non-hydrogen) atoms. The van der Waals surface area contributed by atoms with Crippen LogP contribution in [0.4, 0.5) is 0 Å². The first-order valence-corrected chi connectivity index (χ1v) is 9.77. The predicted octanol–water partition coefficient (Wildman–Crippen LogP) is 5.28. The molecule has 0 fully saturated rings. The van der Waals surface area contributed by atoms with E-state index < -0.39 is 0 Å². The van der Waals surface area contributed by atoms with Gasteiger partial charge in [0.05, 0.1) is 0 Å². The summed E-state index contributed by atoms with van der Waals surface area (Å²) < 4.78 is 0. The van der Waals surface area contributed by atoms with E-state index in [1.54, 1.807) is 0 Å². The van der Waals surface area contributed by atoms with E-state index in [1.165, 1.54) is 96.4 Å². The van der Waals surface area contributed by atoms with Crippen LogP contribution in [0.25, 0.3) is 0 Å². The van der Waals surface area contributed by atoms with Crippen LogP contribution in [-0.2, 0) is 0 Å². The van der Waals surface area contributed by atoms with E-state index in [9.17, 15) is 0 Å². The van der Waals surface area contributed by atoms with Crippen molar-refractivity contribution in [2.45, 2.75) is 96.8 Å².